The smallest absolute Gasteiger partial charge is 0.239 e. The Bertz CT molecular complexity index is 387. The molecule has 0 aliphatic rings. The van der Waals surface area contributed by atoms with Gasteiger partial charge in [-0.2, -0.15) is 0 Å². The van der Waals surface area contributed by atoms with Crippen molar-refractivity contribution in [2.75, 3.05) is 13.1 Å². The van der Waals surface area contributed by atoms with Crippen molar-refractivity contribution in [2.45, 2.75) is 45.6 Å². The van der Waals surface area contributed by atoms with Gasteiger partial charge >= 0.3 is 0 Å². The van der Waals surface area contributed by atoms with E-state index < -0.39 is 5.54 Å². The van der Waals surface area contributed by atoms with E-state index >= 15 is 0 Å². The van der Waals surface area contributed by atoms with Crippen LogP contribution in [0.5, 0.6) is 0 Å². The van der Waals surface area contributed by atoms with Gasteiger partial charge in [-0.15, -0.1) is 0 Å². The van der Waals surface area contributed by atoms with Crippen LogP contribution in [0.4, 0.5) is 0 Å². The van der Waals surface area contributed by atoms with E-state index in [4.69, 9.17) is 0 Å². The quantitative estimate of drug-likeness (QED) is 0.793. The fourth-order valence-electron chi connectivity index (χ4n) is 2.09. The Morgan fingerprint density at radius 1 is 1.26 bits per heavy atom. The Morgan fingerprint density at radius 2 is 1.89 bits per heavy atom. The number of carbonyl (C=O) groups is 1. The molecule has 106 valence electrons. The Labute approximate surface area is 116 Å². The average molecular weight is 262 g/mol. The Kier molecular flexibility index (Phi) is 6.03. The SMILES string of the molecule is CCNC(C)(C)C(=O)NCCC(C)c1ccccc1. The highest BCUT2D eigenvalue weighted by Crippen LogP contribution is 2.17. The molecule has 19 heavy (non-hydrogen) atoms. The third-order valence-corrected chi connectivity index (χ3v) is 3.42. The molecule has 0 bridgehead atoms. The van der Waals surface area contributed by atoms with Gasteiger partial charge in [0.2, 0.25) is 5.91 Å². The first-order valence-electron chi connectivity index (χ1n) is 7.05. The minimum Gasteiger partial charge on any atom is -0.354 e. The van der Waals surface area contributed by atoms with Crippen LogP contribution in [0.15, 0.2) is 30.3 Å². The minimum absolute atomic E-state index is 0.0645. The summed E-state index contributed by atoms with van der Waals surface area (Å²) in [5.41, 5.74) is 0.827. The third-order valence-electron chi connectivity index (χ3n) is 3.42. The maximum atomic E-state index is 12.0. The summed E-state index contributed by atoms with van der Waals surface area (Å²) in [6.45, 7) is 9.52. The Hall–Kier alpha value is -1.35. The van der Waals surface area contributed by atoms with Crippen LogP contribution in [0, 0.1) is 0 Å². The van der Waals surface area contributed by atoms with E-state index in [1.54, 1.807) is 0 Å². The summed E-state index contributed by atoms with van der Waals surface area (Å²) >= 11 is 0. The number of amides is 1. The second-order valence-electron chi connectivity index (χ2n) is 5.51. The second-order valence-corrected chi connectivity index (χ2v) is 5.51. The van der Waals surface area contributed by atoms with Crippen LogP contribution in [0.2, 0.25) is 0 Å². The van der Waals surface area contributed by atoms with Gasteiger partial charge < -0.3 is 10.6 Å². The molecule has 0 fully saturated rings. The van der Waals surface area contributed by atoms with E-state index in [1.165, 1.54) is 5.56 Å². The molecular weight excluding hydrogens is 236 g/mol. The van der Waals surface area contributed by atoms with Crippen molar-refractivity contribution in [3.05, 3.63) is 35.9 Å². The molecule has 0 aromatic heterocycles. The summed E-state index contributed by atoms with van der Waals surface area (Å²) in [4.78, 5) is 12.0. The van der Waals surface area contributed by atoms with E-state index in [9.17, 15) is 4.79 Å². The van der Waals surface area contributed by atoms with Gasteiger partial charge in [0.15, 0.2) is 0 Å². The zero-order valence-corrected chi connectivity index (χ0v) is 12.5. The molecule has 1 aromatic rings. The first kappa shape index (κ1) is 15.7. The zero-order valence-electron chi connectivity index (χ0n) is 12.5. The van der Waals surface area contributed by atoms with Crippen molar-refractivity contribution in [3.63, 3.8) is 0 Å². The van der Waals surface area contributed by atoms with E-state index in [-0.39, 0.29) is 5.91 Å². The lowest BCUT2D eigenvalue weighted by atomic mass is 9.97. The fourth-order valence-corrected chi connectivity index (χ4v) is 2.09. The molecule has 0 aliphatic heterocycles. The predicted molar refractivity (Wildman–Crippen MR) is 80.2 cm³/mol. The van der Waals surface area contributed by atoms with Crippen LogP contribution >= 0.6 is 0 Å². The van der Waals surface area contributed by atoms with Gasteiger partial charge in [-0.1, -0.05) is 44.2 Å². The molecular formula is C16H26N2O. The average Bonchev–Trinajstić information content (AvgIpc) is 2.39. The van der Waals surface area contributed by atoms with Gasteiger partial charge in [0.05, 0.1) is 5.54 Å². The van der Waals surface area contributed by atoms with Gasteiger partial charge in [0.1, 0.15) is 0 Å². The van der Waals surface area contributed by atoms with Crippen molar-refractivity contribution in [1.82, 2.24) is 10.6 Å². The molecule has 0 spiro atoms. The number of hydrogen-bond donors (Lipinski definition) is 2. The normalized spacial score (nSPS) is 13.1. The number of nitrogens with one attached hydrogen (secondary N) is 2. The maximum Gasteiger partial charge on any atom is 0.239 e. The zero-order chi connectivity index (χ0) is 14.3. The summed E-state index contributed by atoms with van der Waals surface area (Å²) in [5.74, 6) is 0.526. The van der Waals surface area contributed by atoms with Crippen molar-refractivity contribution < 1.29 is 4.79 Å². The predicted octanol–water partition coefficient (Wildman–Crippen LogP) is 2.68. The van der Waals surface area contributed by atoms with E-state index in [1.807, 2.05) is 26.8 Å². The highest BCUT2D eigenvalue weighted by atomic mass is 16.2. The van der Waals surface area contributed by atoms with Crippen molar-refractivity contribution in [3.8, 4) is 0 Å². The third kappa shape index (κ3) is 5.03. The topological polar surface area (TPSA) is 41.1 Å². The molecule has 0 aliphatic carbocycles. The molecule has 2 N–H and O–H groups in total. The summed E-state index contributed by atoms with van der Waals surface area (Å²) < 4.78 is 0. The largest absolute Gasteiger partial charge is 0.354 e. The van der Waals surface area contributed by atoms with Gasteiger partial charge in [0, 0.05) is 6.54 Å². The highest BCUT2D eigenvalue weighted by Gasteiger charge is 2.25. The molecule has 1 amide bonds. The molecule has 1 atom stereocenters. The summed E-state index contributed by atoms with van der Waals surface area (Å²) in [6.07, 6.45) is 0.956. The lowest BCUT2D eigenvalue weighted by Crippen LogP contribution is -2.52. The number of rotatable bonds is 7. The van der Waals surface area contributed by atoms with E-state index in [0.717, 1.165) is 13.0 Å². The molecule has 1 rings (SSSR count). The van der Waals surface area contributed by atoms with Crippen LogP contribution in [0.3, 0.4) is 0 Å². The lowest BCUT2D eigenvalue weighted by Gasteiger charge is -2.24. The van der Waals surface area contributed by atoms with Crippen LogP contribution in [0.25, 0.3) is 0 Å². The van der Waals surface area contributed by atoms with Crippen molar-refractivity contribution in [2.24, 2.45) is 0 Å². The molecule has 3 nitrogen and oxygen atoms in total. The van der Waals surface area contributed by atoms with E-state index in [2.05, 4.69) is 41.8 Å². The molecule has 0 heterocycles. The summed E-state index contributed by atoms with van der Waals surface area (Å²) in [7, 11) is 0. The van der Waals surface area contributed by atoms with Crippen LogP contribution in [-0.2, 0) is 4.79 Å². The Balaban J connectivity index is 2.36. The first-order chi connectivity index (χ1) is 8.97. The highest BCUT2D eigenvalue weighted by molar-refractivity contribution is 5.85. The van der Waals surface area contributed by atoms with Crippen LogP contribution in [-0.4, -0.2) is 24.5 Å². The van der Waals surface area contributed by atoms with Crippen molar-refractivity contribution >= 4 is 5.91 Å². The van der Waals surface area contributed by atoms with Crippen LogP contribution < -0.4 is 10.6 Å². The molecule has 0 radical (unpaired) electrons. The number of likely N-dealkylation sites (N-methyl/N-ethyl adjacent to an activating group) is 1. The monoisotopic (exact) mass is 262 g/mol. The standard InChI is InChI=1S/C16H26N2O/c1-5-18-16(3,4)15(19)17-12-11-13(2)14-9-7-6-8-10-14/h6-10,13,18H,5,11-12H2,1-4H3,(H,17,19). The van der Waals surface area contributed by atoms with Crippen LogP contribution in [0.1, 0.15) is 45.6 Å². The summed E-state index contributed by atoms with van der Waals surface area (Å²) in [5, 5.41) is 6.19. The van der Waals surface area contributed by atoms with Gasteiger partial charge in [-0.25, -0.2) is 0 Å². The molecule has 1 aromatic carbocycles. The fraction of sp³-hybridized carbons (Fsp3) is 0.562. The molecule has 0 saturated heterocycles. The molecule has 3 heteroatoms. The number of hydrogen-bond acceptors (Lipinski definition) is 2. The number of benzene rings is 1. The Morgan fingerprint density at radius 3 is 2.47 bits per heavy atom. The maximum absolute atomic E-state index is 12.0. The number of carbonyl (C=O) groups excluding carboxylic acids is 1. The molecule has 0 saturated carbocycles. The van der Waals surface area contributed by atoms with Gasteiger partial charge in [-0.3, -0.25) is 4.79 Å². The summed E-state index contributed by atoms with van der Waals surface area (Å²) in [6, 6.07) is 10.4. The van der Waals surface area contributed by atoms with Crippen molar-refractivity contribution in [1.29, 1.82) is 0 Å². The van der Waals surface area contributed by atoms with E-state index in [0.29, 0.717) is 12.5 Å². The van der Waals surface area contributed by atoms with Gasteiger partial charge in [-0.05, 0) is 38.3 Å². The molecule has 1 unspecified atom stereocenters. The lowest BCUT2D eigenvalue weighted by molar-refractivity contribution is -0.126. The minimum atomic E-state index is -0.495. The first-order valence-corrected chi connectivity index (χ1v) is 7.05. The second kappa shape index (κ2) is 7.29. The van der Waals surface area contributed by atoms with Gasteiger partial charge in [0.25, 0.3) is 0 Å².